The Morgan fingerprint density at radius 3 is 2.71 bits per heavy atom. The number of aromatic amines is 1. The van der Waals surface area contributed by atoms with Crippen LogP contribution in [0.15, 0.2) is 24.5 Å². The van der Waals surface area contributed by atoms with Gasteiger partial charge in [0.05, 0.1) is 0 Å². The minimum Gasteiger partial charge on any atom is -0.457 e. The third-order valence-electron chi connectivity index (χ3n) is 1.44. The molecule has 0 fully saturated rings. The Kier molecular flexibility index (Phi) is 3.12. The molecule has 0 saturated heterocycles. The summed E-state index contributed by atoms with van der Waals surface area (Å²) in [4.78, 5) is 14.1. The highest BCUT2D eigenvalue weighted by molar-refractivity contribution is 5.87. The van der Waals surface area contributed by atoms with Crippen LogP contribution in [-0.2, 0) is 9.53 Å². The van der Waals surface area contributed by atoms with Crippen molar-refractivity contribution in [2.45, 2.75) is 26.4 Å². The van der Waals surface area contributed by atoms with E-state index in [-0.39, 0.29) is 5.97 Å². The number of carbonyl (C=O) groups is 1. The van der Waals surface area contributed by atoms with E-state index in [1.54, 1.807) is 18.5 Å². The van der Waals surface area contributed by atoms with E-state index < -0.39 is 5.60 Å². The van der Waals surface area contributed by atoms with Gasteiger partial charge in [0.25, 0.3) is 0 Å². The largest absolute Gasteiger partial charge is 0.457 e. The lowest BCUT2D eigenvalue weighted by molar-refractivity contribution is -0.148. The minimum atomic E-state index is -0.431. The van der Waals surface area contributed by atoms with Crippen LogP contribution >= 0.6 is 0 Å². The lowest BCUT2D eigenvalue weighted by atomic mass is 10.2. The van der Waals surface area contributed by atoms with Crippen molar-refractivity contribution in [3.05, 3.63) is 30.1 Å². The van der Waals surface area contributed by atoms with Crippen LogP contribution in [0, 0.1) is 0 Å². The Hall–Kier alpha value is -1.51. The van der Waals surface area contributed by atoms with E-state index in [1.807, 2.05) is 26.8 Å². The molecule has 0 aliphatic carbocycles. The SMILES string of the molecule is CC(C)(C)OC(=O)C=Cc1cc[nH]c1. The lowest BCUT2D eigenvalue weighted by Gasteiger charge is -2.17. The number of aromatic nitrogens is 1. The molecular weight excluding hydrogens is 178 g/mol. The van der Waals surface area contributed by atoms with Crippen LogP contribution in [0.25, 0.3) is 6.08 Å². The molecule has 0 amide bonds. The van der Waals surface area contributed by atoms with Crippen LogP contribution in [0.3, 0.4) is 0 Å². The van der Waals surface area contributed by atoms with Crippen molar-refractivity contribution in [3.8, 4) is 0 Å². The number of nitrogens with one attached hydrogen (secondary N) is 1. The number of hydrogen-bond donors (Lipinski definition) is 1. The highest BCUT2D eigenvalue weighted by Gasteiger charge is 2.13. The molecule has 1 rings (SSSR count). The minimum absolute atomic E-state index is 0.321. The van der Waals surface area contributed by atoms with E-state index >= 15 is 0 Å². The molecule has 1 N–H and O–H groups in total. The van der Waals surface area contributed by atoms with Crippen LogP contribution in [0.1, 0.15) is 26.3 Å². The molecule has 0 bridgehead atoms. The fourth-order valence-electron chi connectivity index (χ4n) is 0.941. The van der Waals surface area contributed by atoms with Gasteiger partial charge in [-0.2, -0.15) is 0 Å². The van der Waals surface area contributed by atoms with Crippen molar-refractivity contribution in [2.75, 3.05) is 0 Å². The lowest BCUT2D eigenvalue weighted by Crippen LogP contribution is -2.22. The molecule has 0 spiro atoms. The van der Waals surface area contributed by atoms with Gasteiger partial charge in [-0.05, 0) is 38.5 Å². The smallest absolute Gasteiger partial charge is 0.331 e. The molecule has 1 aromatic rings. The summed E-state index contributed by atoms with van der Waals surface area (Å²) in [5.41, 5.74) is 0.524. The Morgan fingerprint density at radius 1 is 1.50 bits per heavy atom. The molecule has 1 heterocycles. The van der Waals surface area contributed by atoms with Gasteiger partial charge in [0.1, 0.15) is 5.60 Å². The van der Waals surface area contributed by atoms with Crippen molar-refractivity contribution >= 4 is 12.0 Å². The quantitative estimate of drug-likeness (QED) is 0.578. The second-order valence-electron chi connectivity index (χ2n) is 4.01. The zero-order chi connectivity index (χ0) is 10.6. The standard InChI is InChI=1S/C11H15NO2/c1-11(2,3)14-10(13)5-4-9-6-7-12-8-9/h4-8,12H,1-3H3. The van der Waals surface area contributed by atoms with E-state index in [1.165, 1.54) is 6.08 Å². The summed E-state index contributed by atoms with van der Waals surface area (Å²) in [5.74, 6) is -0.321. The highest BCUT2D eigenvalue weighted by Crippen LogP contribution is 2.08. The number of carbonyl (C=O) groups excluding carboxylic acids is 1. The fraction of sp³-hybridized carbons (Fsp3) is 0.364. The molecule has 0 aliphatic rings. The zero-order valence-electron chi connectivity index (χ0n) is 8.70. The van der Waals surface area contributed by atoms with Gasteiger partial charge in [0.15, 0.2) is 0 Å². The predicted molar refractivity (Wildman–Crippen MR) is 55.7 cm³/mol. The Balaban J connectivity index is 2.49. The second-order valence-corrected chi connectivity index (χ2v) is 4.01. The first-order valence-corrected chi connectivity index (χ1v) is 4.51. The first-order chi connectivity index (χ1) is 6.47. The average Bonchev–Trinajstić information content (AvgIpc) is 2.49. The van der Waals surface area contributed by atoms with Gasteiger partial charge in [-0.25, -0.2) is 4.79 Å². The molecule has 0 unspecified atom stereocenters. The Bertz CT molecular complexity index is 318. The first kappa shape index (κ1) is 10.6. The summed E-state index contributed by atoms with van der Waals surface area (Å²) >= 11 is 0. The van der Waals surface area contributed by atoms with Gasteiger partial charge in [0.2, 0.25) is 0 Å². The average molecular weight is 193 g/mol. The third-order valence-corrected chi connectivity index (χ3v) is 1.44. The molecule has 0 atom stereocenters. The molecular formula is C11H15NO2. The van der Waals surface area contributed by atoms with Crippen LogP contribution in [0.5, 0.6) is 0 Å². The summed E-state index contributed by atoms with van der Waals surface area (Å²) in [5, 5.41) is 0. The summed E-state index contributed by atoms with van der Waals surface area (Å²) in [6.45, 7) is 5.53. The maximum Gasteiger partial charge on any atom is 0.331 e. The normalized spacial score (nSPS) is 11.9. The van der Waals surface area contributed by atoms with Crippen LogP contribution in [-0.4, -0.2) is 16.6 Å². The summed E-state index contributed by atoms with van der Waals surface area (Å²) < 4.78 is 5.10. The number of hydrogen-bond acceptors (Lipinski definition) is 2. The second kappa shape index (κ2) is 4.13. The number of H-pyrrole nitrogens is 1. The number of esters is 1. The van der Waals surface area contributed by atoms with Crippen LogP contribution < -0.4 is 0 Å². The summed E-state index contributed by atoms with van der Waals surface area (Å²) in [7, 11) is 0. The van der Waals surface area contributed by atoms with Gasteiger partial charge < -0.3 is 9.72 Å². The third kappa shape index (κ3) is 3.94. The van der Waals surface area contributed by atoms with Crippen LogP contribution in [0.4, 0.5) is 0 Å². The molecule has 0 aromatic carbocycles. The van der Waals surface area contributed by atoms with E-state index in [0.29, 0.717) is 0 Å². The number of ether oxygens (including phenoxy) is 1. The van der Waals surface area contributed by atoms with Crippen molar-refractivity contribution < 1.29 is 9.53 Å². The first-order valence-electron chi connectivity index (χ1n) is 4.51. The van der Waals surface area contributed by atoms with Crippen molar-refractivity contribution in [1.29, 1.82) is 0 Å². The molecule has 14 heavy (non-hydrogen) atoms. The van der Waals surface area contributed by atoms with Gasteiger partial charge in [-0.15, -0.1) is 0 Å². The monoisotopic (exact) mass is 193 g/mol. The van der Waals surface area contributed by atoms with Crippen molar-refractivity contribution in [3.63, 3.8) is 0 Å². The molecule has 0 aliphatic heterocycles. The highest BCUT2D eigenvalue weighted by atomic mass is 16.6. The van der Waals surface area contributed by atoms with Gasteiger partial charge in [-0.1, -0.05) is 0 Å². The Morgan fingerprint density at radius 2 is 2.21 bits per heavy atom. The Labute approximate surface area is 83.8 Å². The maximum absolute atomic E-state index is 11.2. The van der Waals surface area contributed by atoms with Crippen molar-refractivity contribution in [2.24, 2.45) is 0 Å². The van der Waals surface area contributed by atoms with E-state index in [2.05, 4.69) is 4.98 Å². The molecule has 3 heteroatoms. The summed E-state index contributed by atoms with van der Waals surface area (Å²) in [6.07, 6.45) is 6.74. The topological polar surface area (TPSA) is 42.1 Å². The van der Waals surface area contributed by atoms with Crippen molar-refractivity contribution in [1.82, 2.24) is 4.98 Å². The number of rotatable bonds is 2. The van der Waals surface area contributed by atoms with E-state index in [9.17, 15) is 4.79 Å². The maximum atomic E-state index is 11.2. The van der Waals surface area contributed by atoms with Crippen LogP contribution in [0.2, 0.25) is 0 Å². The molecule has 3 nitrogen and oxygen atoms in total. The molecule has 0 saturated carbocycles. The summed E-state index contributed by atoms with van der Waals surface area (Å²) in [6, 6.07) is 1.88. The molecule has 0 radical (unpaired) electrons. The van der Waals surface area contributed by atoms with E-state index in [0.717, 1.165) is 5.56 Å². The van der Waals surface area contributed by atoms with E-state index in [4.69, 9.17) is 4.74 Å². The predicted octanol–water partition coefficient (Wildman–Crippen LogP) is 2.37. The van der Waals surface area contributed by atoms with Gasteiger partial charge in [-0.3, -0.25) is 0 Å². The van der Waals surface area contributed by atoms with Gasteiger partial charge in [0, 0.05) is 18.5 Å². The zero-order valence-corrected chi connectivity index (χ0v) is 8.70. The van der Waals surface area contributed by atoms with Gasteiger partial charge >= 0.3 is 5.97 Å². The fourth-order valence-corrected chi connectivity index (χ4v) is 0.941. The molecule has 1 aromatic heterocycles. The molecule has 76 valence electrons.